The van der Waals surface area contributed by atoms with Crippen molar-refractivity contribution in [1.82, 2.24) is 10.3 Å². The Morgan fingerprint density at radius 3 is 2.85 bits per heavy atom. The summed E-state index contributed by atoms with van der Waals surface area (Å²) in [6.07, 6.45) is 3.14. The van der Waals surface area contributed by atoms with E-state index in [-0.39, 0.29) is 10.3 Å². The van der Waals surface area contributed by atoms with Crippen LogP contribution in [0.2, 0.25) is 0 Å². The lowest BCUT2D eigenvalue weighted by Gasteiger charge is -2.21. The Labute approximate surface area is 118 Å². The molecule has 1 atom stereocenters. The van der Waals surface area contributed by atoms with E-state index in [1.54, 1.807) is 18.2 Å². The highest BCUT2D eigenvalue weighted by Gasteiger charge is 2.38. The molecule has 3 rings (SSSR count). The molecule has 1 unspecified atom stereocenters. The zero-order valence-electron chi connectivity index (χ0n) is 11.6. The Morgan fingerprint density at radius 2 is 2.25 bits per heavy atom. The number of fused-ring (bicyclic) bond motifs is 1. The molecule has 2 heterocycles. The molecule has 108 valence electrons. The first kappa shape index (κ1) is 13.6. The van der Waals surface area contributed by atoms with Gasteiger partial charge in [-0.1, -0.05) is 6.92 Å². The molecular weight excluding hydrogens is 276 g/mol. The van der Waals surface area contributed by atoms with Gasteiger partial charge in [0.15, 0.2) is 15.4 Å². The largest absolute Gasteiger partial charge is 0.440 e. The number of rotatable bonds is 3. The van der Waals surface area contributed by atoms with Crippen LogP contribution < -0.4 is 5.32 Å². The van der Waals surface area contributed by atoms with E-state index in [0.29, 0.717) is 17.0 Å². The molecule has 6 heteroatoms. The number of sulfone groups is 1. The monoisotopic (exact) mass is 294 g/mol. The summed E-state index contributed by atoms with van der Waals surface area (Å²) in [4.78, 5) is 4.82. The van der Waals surface area contributed by atoms with Gasteiger partial charge in [-0.2, -0.15) is 0 Å². The quantitative estimate of drug-likeness (QED) is 0.935. The molecule has 5 nitrogen and oxygen atoms in total. The third-order valence-corrected chi connectivity index (χ3v) is 5.27. The van der Waals surface area contributed by atoms with Gasteiger partial charge in [0, 0.05) is 12.8 Å². The van der Waals surface area contributed by atoms with Gasteiger partial charge in [0.05, 0.1) is 10.3 Å². The van der Waals surface area contributed by atoms with Gasteiger partial charge in [-0.3, -0.25) is 0 Å². The van der Waals surface area contributed by atoms with Crippen LogP contribution in [0.4, 0.5) is 0 Å². The van der Waals surface area contributed by atoms with Gasteiger partial charge in [0.2, 0.25) is 5.89 Å². The summed E-state index contributed by atoms with van der Waals surface area (Å²) >= 11 is 0. The number of aromatic nitrogens is 1. The van der Waals surface area contributed by atoms with Crippen molar-refractivity contribution in [3.05, 3.63) is 24.1 Å². The first-order valence-electron chi connectivity index (χ1n) is 6.76. The van der Waals surface area contributed by atoms with Crippen LogP contribution in [0, 0.1) is 0 Å². The number of oxazole rings is 1. The van der Waals surface area contributed by atoms with E-state index in [2.05, 4.69) is 17.2 Å². The SMILES string of the molecule is CCC1(c2nc3cc(S(C)(=O)=O)ccc3o2)CCNC1. The van der Waals surface area contributed by atoms with Gasteiger partial charge < -0.3 is 9.73 Å². The highest BCUT2D eigenvalue weighted by Crippen LogP contribution is 2.35. The first-order chi connectivity index (χ1) is 9.44. The summed E-state index contributed by atoms with van der Waals surface area (Å²) in [5, 5.41) is 3.35. The Morgan fingerprint density at radius 1 is 1.45 bits per heavy atom. The van der Waals surface area contributed by atoms with Gasteiger partial charge in [0.25, 0.3) is 0 Å². The molecule has 1 N–H and O–H groups in total. The van der Waals surface area contributed by atoms with Crippen LogP contribution in [0.3, 0.4) is 0 Å². The minimum Gasteiger partial charge on any atom is -0.440 e. The van der Waals surface area contributed by atoms with Crippen molar-refractivity contribution in [2.75, 3.05) is 19.3 Å². The van der Waals surface area contributed by atoms with Crippen molar-refractivity contribution in [3.63, 3.8) is 0 Å². The fraction of sp³-hybridized carbons (Fsp3) is 0.500. The van der Waals surface area contributed by atoms with E-state index in [4.69, 9.17) is 4.42 Å². The van der Waals surface area contributed by atoms with Crippen LogP contribution in [-0.2, 0) is 15.3 Å². The molecule has 2 aromatic rings. The van der Waals surface area contributed by atoms with Crippen LogP contribution in [-0.4, -0.2) is 32.7 Å². The minimum atomic E-state index is -3.22. The maximum absolute atomic E-state index is 11.6. The molecule has 1 aliphatic heterocycles. The molecule has 1 aromatic carbocycles. The van der Waals surface area contributed by atoms with Crippen LogP contribution >= 0.6 is 0 Å². The molecular formula is C14H18N2O3S. The molecule has 0 spiro atoms. The molecule has 0 aliphatic carbocycles. The molecule has 1 aliphatic rings. The zero-order chi connectivity index (χ0) is 14.4. The number of nitrogens with one attached hydrogen (secondary N) is 1. The van der Waals surface area contributed by atoms with Gasteiger partial charge in [-0.05, 0) is 37.6 Å². The summed E-state index contributed by atoms with van der Waals surface area (Å²) in [5.41, 5.74) is 1.19. The van der Waals surface area contributed by atoms with Gasteiger partial charge in [-0.25, -0.2) is 13.4 Å². The number of hydrogen-bond donors (Lipinski definition) is 1. The minimum absolute atomic E-state index is 0.0652. The molecule has 1 fully saturated rings. The first-order valence-corrected chi connectivity index (χ1v) is 8.66. The molecule has 1 saturated heterocycles. The summed E-state index contributed by atoms with van der Waals surface area (Å²) in [6, 6.07) is 4.84. The molecule has 0 bridgehead atoms. The van der Waals surface area contributed by atoms with Crippen LogP contribution in [0.5, 0.6) is 0 Å². The molecule has 0 amide bonds. The fourth-order valence-electron chi connectivity index (χ4n) is 2.74. The van der Waals surface area contributed by atoms with E-state index in [9.17, 15) is 8.42 Å². The fourth-order valence-corrected chi connectivity index (χ4v) is 3.38. The smallest absolute Gasteiger partial charge is 0.203 e. The van der Waals surface area contributed by atoms with Gasteiger partial charge in [0.1, 0.15) is 5.52 Å². The summed E-state index contributed by atoms with van der Waals surface area (Å²) < 4.78 is 29.0. The van der Waals surface area contributed by atoms with Crippen molar-refractivity contribution in [3.8, 4) is 0 Å². The third-order valence-electron chi connectivity index (χ3n) is 4.16. The Kier molecular flexibility index (Phi) is 3.10. The van der Waals surface area contributed by atoms with Crippen molar-refractivity contribution in [2.45, 2.75) is 30.1 Å². The van der Waals surface area contributed by atoms with Crippen LogP contribution in [0.1, 0.15) is 25.7 Å². The number of hydrogen-bond acceptors (Lipinski definition) is 5. The Balaban J connectivity index is 2.11. The predicted molar refractivity (Wildman–Crippen MR) is 76.6 cm³/mol. The predicted octanol–water partition coefficient (Wildman–Crippen LogP) is 1.87. The van der Waals surface area contributed by atoms with Crippen molar-refractivity contribution >= 4 is 20.9 Å². The molecule has 0 saturated carbocycles. The van der Waals surface area contributed by atoms with Crippen molar-refractivity contribution < 1.29 is 12.8 Å². The van der Waals surface area contributed by atoms with E-state index in [1.165, 1.54) is 6.26 Å². The third kappa shape index (κ3) is 2.13. The zero-order valence-corrected chi connectivity index (χ0v) is 12.5. The Bertz CT molecular complexity index is 743. The molecule has 0 radical (unpaired) electrons. The average Bonchev–Trinajstić information content (AvgIpc) is 3.04. The second kappa shape index (κ2) is 4.56. The summed E-state index contributed by atoms with van der Waals surface area (Å²) in [5.74, 6) is 0.714. The van der Waals surface area contributed by atoms with Crippen molar-refractivity contribution in [1.29, 1.82) is 0 Å². The van der Waals surface area contributed by atoms with E-state index < -0.39 is 9.84 Å². The van der Waals surface area contributed by atoms with E-state index in [0.717, 1.165) is 25.9 Å². The van der Waals surface area contributed by atoms with Gasteiger partial charge in [-0.15, -0.1) is 0 Å². The lowest BCUT2D eigenvalue weighted by atomic mass is 9.84. The molecule has 1 aromatic heterocycles. The second-order valence-corrected chi connectivity index (χ2v) is 7.50. The standard InChI is InChI=1S/C14H18N2O3S/c1-3-14(6-7-15-9-14)13-16-11-8-10(20(2,17)18)4-5-12(11)19-13/h4-5,8,15H,3,6-7,9H2,1-2H3. The topological polar surface area (TPSA) is 72.2 Å². The maximum Gasteiger partial charge on any atom is 0.203 e. The van der Waals surface area contributed by atoms with Crippen molar-refractivity contribution in [2.24, 2.45) is 0 Å². The number of benzene rings is 1. The average molecular weight is 294 g/mol. The summed E-state index contributed by atoms with van der Waals surface area (Å²) in [6.45, 7) is 3.94. The normalized spacial score (nSPS) is 23.5. The van der Waals surface area contributed by atoms with Gasteiger partial charge >= 0.3 is 0 Å². The maximum atomic E-state index is 11.6. The lowest BCUT2D eigenvalue weighted by molar-refractivity contribution is 0.344. The Hall–Kier alpha value is -1.40. The molecule has 20 heavy (non-hydrogen) atoms. The highest BCUT2D eigenvalue weighted by molar-refractivity contribution is 7.90. The highest BCUT2D eigenvalue weighted by atomic mass is 32.2. The summed E-state index contributed by atoms with van der Waals surface area (Å²) in [7, 11) is -3.22. The number of nitrogens with zero attached hydrogens (tertiary/aromatic N) is 1. The van der Waals surface area contributed by atoms with Crippen LogP contribution in [0.15, 0.2) is 27.5 Å². The second-order valence-electron chi connectivity index (χ2n) is 5.48. The van der Waals surface area contributed by atoms with E-state index >= 15 is 0 Å². The lowest BCUT2D eigenvalue weighted by Crippen LogP contribution is -2.28. The van der Waals surface area contributed by atoms with E-state index in [1.807, 2.05) is 0 Å². The van der Waals surface area contributed by atoms with Crippen LogP contribution in [0.25, 0.3) is 11.1 Å².